The Morgan fingerprint density at radius 3 is 2.76 bits per heavy atom. The topological polar surface area (TPSA) is 75.0 Å². The van der Waals surface area contributed by atoms with E-state index in [1.54, 1.807) is 56.0 Å². The van der Waals surface area contributed by atoms with Gasteiger partial charge in [0, 0.05) is 30.6 Å². The fourth-order valence-corrected chi connectivity index (χ4v) is 3.21. The first kappa shape index (κ1) is 13.4. The zero-order chi connectivity index (χ0) is 14.9. The minimum absolute atomic E-state index is 0.212. The average molecular weight is 300 g/mol. The quantitative estimate of drug-likeness (QED) is 0.622. The van der Waals surface area contributed by atoms with E-state index in [0.717, 1.165) is 5.56 Å². The number of pyridine rings is 1. The molecule has 21 heavy (non-hydrogen) atoms. The van der Waals surface area contributed by atoms with Crippen LogP contribution in [0.2, 0.25) is 0 Å². The summed E-state index contributed by atoms with van der Waals surface area (Å²) in [6, 6.07) is 10.4. The van der Waals surface area contributed by atoms with Crippen molar-refractivity contribution >= 4 is 22.1 Å². The number of fused-ring (bicyclic) bond motifs is 1. The molecule has 2 aromatic rings. The third-order valence-electron chi connectivity index (χ3n) is 2.98. The number of hydrogen-bond acceptors (Lipinski definition) is 5. The Morgan fingerprint density at radius 1 is 1.19 bits per heavy atom. The van der Waals surface area contributed by atoms with Gasteiger partial charge in [0.25, 0.3) is 10.0 Å². The molecule has 0 unspecified atom stereocenters. The summed E-state index contributed by atoms with van der Waals surface area (Å²) in [7, 11) is -1.97. The Bertz CT molecular complexity index is 829. The first-order valence-corrected chi connectivity index (χ1v) is 7.64. The van der Waals surface area contributed by atoms with E-state index < -0.39 is 10.0 Å². The summed E-state index contributed by atoms with van der Waals surface area (Å²) in [5, 5.41) is 5.65. The average Bonchev–Trinajstić information content (AvgIpc) is 2.78. The maximum Gasteiger partial charge on any atom is 0.285 e. The number of rotatable bonds is 2. The van der Waals surface area contributed by atoms with Crippen LogP contribution >= 0.6 is 0 Å². The number of sulfonamides is 1. The van der Waals surface area contributed by atoms with E-state index >= 15 is 0 Å². The number of aromatic nitrogens is 1. The van der Waals surface area contributed by atoms with Crippen LogP contribution in [-0.2, 0) is 10.0 Å². The molecule has 0 aliphatic carbocycles. The fraction of sp³-hybridized carbons (Fsp3) is 0.0714. The SMILES string of the molecule is CN(/N=C\c1cccnc1)C1=NS(=O)(=O)c2ccccc21. The van der Waals surface area contributed by atoms with Gasteiger partial charge < -0.3 is 0 Å². The molecule has 0 bridgehead atoms. The molecular weight excluding hydrogens is 288 g/mol. The monoisotopic (exact) mass is 300 g/mol. The van der Waals surface area contributed by atoms with Crippen molar-refractivity contribution in [1.82, 2.24) is 9.99 Å². The summed E-state index contributed by atoms with van der Waals surface area (Å²) in [6.45, 7) is 0. The lowest BCUT2D eigenvalue weighted by Crippen LogP contribution is -2.21. The van der Waals surface area contributed by atoms with Gasteiger partial charge in [0.2, 0.25) is 0 Å². The Hall–Kier alpha value is -2.54. The summed E-state index contributed by atoms with van der Waals surface area (Å²) < 4.78 is 27.7. The predicted octanol–water partition coefficient (Wildman–Crippen LogP) is 1.50. The Kier molecular flexibility index (Phi) is 3.26. The summed E-state index contributed by atoms with van der Waals surface area (Å²) in [5.74, 6) is 0.311. The third kappa shape index (κ3) is 2.55. The largest absolute Gasteiger partial charge is 0.285 e. The van der Waals surface area contributed by atoms with Crippen LogP contribution < -0.4 is 0 Å². The second-order valence-corrected chi connectivity index (χ2v) is 6.01. The van der Waals surface area contributed by atoms with Crippen LogP contribution in [0.15, 0.2) is 63.2 Å². The van der Waals surface area contributed by atoms with Crippen molar-refractivity contribution < 1.29 is 8.42 Å². The van der Waals surface area contributed by atoms with E-state index in [9.17, 15) is 8.42 Å². The minimum Gasteiger partial charge on any atom is -0.264 e. The molecule has 1 aromatic heterocycles. The predicted molar refractivity (Wildman–Crippen MR) is 79.8 cm³/mol. The molecule has 0 saturated heterocycles. The van der Waals surface area contributed by atoms with Crippen molar-refractivity contribution in [2.24, 2.45) is 9.50 Å². The van der Waals surface area contributed by atoms with Crippen molar-refractivity contribution in [3.8, 4) is 0 Å². The van der Waals surface area contributed by atoms with Gasteiger partial charge in [0.1, 0.15) is 4.90 Å². The molecule has 1 aliphatic heterocycles. The van der Waals surface area contributed by atoms with Crippen LogP contribution in [0, 0.1) is 0 Å². The van der Waals surface area contributed by atoms with Gasteiger partial charge in [-0.25, -0.2) is 5.01 Å². The summed E-state index contributed by atoms with van der Waals surface area (Å²) in [6.07, 6.45) is 4.94. The van der Waals surface area contributed by atoms with Crippen molar-refractivity contribution in [2.45, 2.75) is 4.90 Å². The standard InChI is InChI=1S/C14H12N4O2S/c1-18(16-10-11-5-4-8-15-9-11)14-12-6-2-3-7-13(12)21(19,20)17-14/h2-10H,1H3/b16-10-. The second kappa shape index (κ2) is 5.10. The van der Waals surface area contributed by atoms with Gasteiger partial charge in [-0.2, -0.15) is 13.5 Å². The summed E-state index contributed by atoms with van der Waals surface area (Å²) in [5.41, 5.74) is 1.38. The van der Waals surface area contributed by atoms with Crippen LogP contribution in [0.5, 0.6) is 0 Å². The Morgan fingerprint density at radius 2 is 2.00 bits per heavy atom. The summed E-state index contributed by atoms with van der Waals surface area (Å²) in [4.78, 5) is 4.19. The fourth-order valence-electron chi connectivity index (χ4n) is 1.98. The maximum absolute atomic E-state index is 12.0. The molecular formula is C14H12N4O2S. The maximum atomic E-state index is 12.0. The lowest BCUT2D eigenvalue weighted by Gasteiger charge is -2.12. The van der Waals surface area contributed by atoms with Gasteiger partial charge in [-0.3, -0.25) is 4.98 Å². The van der Waals surface area contributed by atoms with Crippen molar-refractivity contribution in [2.75, 3.05) is 7.05 Å². The van der Waals surface area contributed by atoms with Gasteiger partial charge in [-0.05, 0) is 18.2 Å². The first-order chi connectivity index (χ1) is 10.1. The molecule has 2 heterocycles. The van der Waals surface area contributed by atoms with E-state index in [1.807, 2.05) is 6.07 Å². The van der Waals surface area contributed by atoms with Crippen LogP contribution in [0.1, 0.15) is 11.1 Å². The Balaban J connectivity index is 1.93. The zero-order valence-electron chi connectivity index (χ0n) is 11.2. The van der Waals surface area contributed by atoms with Crippen molar-refractivity contribution in [3.63, 3.8) is 0 Å². The Labute approximate surface area is 122 Å². The lowest BCUT2D eigenvalue weighted by atomic mass is 10.2. The molecule has 106 valence electrons. The summed E-state index contributed by atoms with van der Waals surface area (Å²) >= 11 is 0. The molecule has 6 nitrogen and oxygen atoms in total. The van der Waals surface area contributed by atoms with Crippen LogP contribution in [0.25, 0.3) is 0 Å². The number of hydrogen-bond donors (Lipinski definition) is 0. The number of amidine groups is 1. The van der Waals surface area contributed by atoms with Gasteiger partial charge in [0.05, 0.1) is 6.21 Å². The number of nitrogens with zero attached hydrogens (tertiary/aromatic N) is 4. The number of benzene rings is 1. The molecule has 0 saturated carbocycles. The molecule has 7 heteroatoms. The molecule has 1 aromatic carbocycles. The van der Waals surface area contributed by atoms with Crippen LogP contribution in [-0.4, -0.2) is 37.5 Å². The molecule has 3 rings (SSSR count). The minimum atomic E-state index is -3.62. The van der Waals surface area contributed by atoms with Crippen molar-refractivity contribution in [3.05, 3.63) is 59.9 Å². The van der Waals surface area contributed by atoms with E-state index in [-0.39, 0.29) is 4.90 Å². The van der Waals surface area contributed by atoms with Gasteiger partial charge >= 0.3 is 0 Å². The molecule has 0 fully saturated rings. The molecule has 0 radical (unpaired) electrons. The van der Waals surface area contributed by atoms with Crippen LogP contribution in [0.4, 0.5) is 0 Å². The highest BCUT2D eigenvalue weighted by molar-refractivity contribution is 7.90. The molecule has 0 spiro atoms. The first-order valence-electron chi connectivity index (χ1n) is 6.20. The van der Waals surface area contributed by atoms with Crippen LogP contribution in [0.3, 0.4) is 0 Å². The zero-order valence-corrected chi connectivity index (χ0v) is 12.0. The second-order valence-electron chi connectivity index (χ2n) is 4.44. The van der Waals surface area contributed by atoms with Gasteiger partial charge in [0.15, 0.2) is 5.84 Å². The highest BCUT2D eigenvalue weighted by Gasteiger charge is 2.30. The molecule has 1 aliphatic rings. The van der Waals surface area contributed by atoms with E-state index in [4.69, 9.17) is 0 Å². The lowest BCUT2D eigenvalue weighted by molar-refractivity contribution is 0.549. The number of hydrazone groups is 1. The van der Waals surface area contributed by atoms with E-state index in [0.29, 0.717) is 11.4 Å². The van der Waals surface area contributed by atoms with Gasteiger partial charge in [-0.15, -0.1) is 4.40 Å². The molecule has 0 N–H and O–H groups in total. The highest BCUT2D eigenvalue weighted by Crippen LogP contribution is 2.26. The highest BCUT2D eigenvalue weighted by atomic mass is 32.2. The van der Waals surface area contributed by atoms with E-state index in [1.165, 1.54) is 5.01 Å². The molecule has 0 atom stereocenters. The molecule has 0 amide bonds. The third-order valence-corrected chi connectivity index (χ3v) is 4.31. The smallest absolute Gasteiger partial charge is 0.264 e. The van der Waals surface area contributed by atoms with Crippen molar-refractivity contribution in [1.29, 1.82) is 0 Å². The van der Waals surface area contributed by atoms with Gasteiger partial charge in [-0.1, -0.05) is 18.2 Å². The normalized spacial score (nSPS) is 15.8. The van der Waals surface area contributed by atoms with E-state index in [2.05, 4.69) is 14.5 Å².